The summed E-state index contributed by atoms with van der Waals surface area (Å²) < 4.78 is 30.4. The van der Waals surface area contributed by atoms with E-state index >= 15 is 0 Å². The van der Waals surface area contributed by atoms with Crippen LogP contribution in [-0.2, 0) is 20.4 Å². The number of aromatic nitrogens is 2. The van der Waals surface area contributed by atoms with Gasteiger partial charge in [0.15, 0.2) is 0 Å². The van der Waals surface area contributed by atoms with Gasteiger partial charge < -0.3 is 4.74 Å². The number of sulfonamides is 1. The molecule has 1 saturated heterocycles. The zero-order chi connectivity index (χ0) is 13.4. The quantitative estimate of drug-likeness (QED) is 0.773. The van der Waals surface area contributed by atoms with Gasteiger partial charge in [0.1, 0.15) is 11.4 Å². The second-order valence-corrected chi connectivity index (χ2v) is 6.65. The van der Waals surface area contributed by atoms with E-state index in [1.807, 2.05) is 6.92 Å². The Labute approximate surface area is 107 Å². The van der Waals surface area contributed by atoms with Crippen molar-refractivity contribution >= 4 is 10.0 Å². The van der Waals surface area contributed by atoms with Crippen LogP contribution in [0.5, 0.6) is 0 Å². The molecule has 6 nitrogen and oxygen atoms in total. The first kappa shape index (κ1) is 13.4. The van der Waals surface area contributed by atoms with Crippen molar-refractivity contribution in [1.29, 1.82) is 0 Å². The van der Waals surface area contributed by atoms with Gasteiger partial charge in [0, 0.05) is 19.3 Å². The molecular formula is C11H17N3O3S. The van der Waals surface area contributed by atoms with Crippen molar-refractivity contribution in [2.45, 2.75) is 19.4 Å². The summed E-state index contributed by atoms with van der Waals surface area (Å²) in [4.78, 5) is 8.36. The lowest BCUT2D eigenvalue weighted by Gasteiger charge is -2.38. The molecule has 1 aliphatic rings. The fraction of sp³-hybridized carbons (Fsp3) is 0.636. The first-order chi connectivity index (χ1) is 8.31. The first-order valence-electron chi connectivity index (χ1n) is 5.70. The van der Waals surface area contributed by atoms with Crippen molar-refractivity contribution in [3.63, 3.8) is 0 Å². The van der Waals surface area contributed by atoms with Crippen LogP contribution in [0.3, 0.4) is 0 Å². The summed E-state index contributed by atoms with van der Waals surface area (Å²) in [6, 6.07) is 1.76. The number of nitrogens with zero attached hydrogens (tertiary/aromatic N) is 3. The zero-order valence-electron chi connectivity index (χ0n) is 10.8. The highest BCUT2D eigenvalue weighted by atomic mass is 32.2. The van der Waals surface area contributed by atoms with Gasteiger partial charge in [-0.05, 0) is 19.9 Å². The summed E-state index contributed by atoms with van der Waals surface area (Å²) in [6.45, 7) is 4.68. The van der Waals surface area contributed by atoms with Crippen molar-refractivity contribution < 1.29 is 13.2 Å². The van der Waals surface area contributed by atoms with E-state index < -0.39 is 15.6 Å². The van der Waals surface area contributed by atoms with Gasteiger partial charge in [-0.25, -0.2) is 18.4 Å². The molecule has 1 aliphatic heterocycles. The van der Waals surface area contributed by atoms with Crippen LogP contribution in [0.15, 0.2) is 12.3 Å². The van der Waals surface area contributed by atoms with E-state index in [-0.39, 0.29) is 6.54 Å². The predicted octanol–water partition coefficient (Wildman–Crippen LogP) is 0.292. The molecule has 100 valence electrons. The molecule has 0 N–H and O–H groups in total. The van der Waals surface area contributed by atoms with E-state index in [1.165, 1.54) is 10.6 Å². The fourth-order valence-corrected chi connectivity index (χ4v) is 2.91. The van der Waals surface area contributed by atoms with Crippen LogP contribution in [0.1, 0.15) is 18.4 Å². The average molecular weight is 271 g/mol. The largest absolute Gasteiger partial charge is 0.366 e. The Balaban J connectivity index is 2.31. The minimum absolute atomic E-state index is 0.280. The van der Waals surface area contributed by atoms with Gasteiger partial charge in [-0.3, -0.25) is 0 Å². The van der Waals surface area contributed by atoms with Gasteiger partial charge in [-0.1, -0.05) is 0 Å². The topological polar surface area (TPSA) is 72.4 Å². The highest BCUT2D eigenvalue weighted by molar-refractivity contribution is 7.88. The molecule has 2 rings (SSSR count). The minimum atomic E-state index is -3.21. The SMILES string of the molecule is Cc1nccc([C@@]2(C)CN(S(C)(=O)=O)CCO2)n1. The molecule has 0 radical (unpaired) electrons. The number of rotatable bonds is 2. The second-order valence-electron chi connectivity index (χ2n) is 4.66. The van der Waals surface area contributed by atoms with Crippen LogP contribution in [0.25, 0.3) is 0 Å². The fourth-order valence-electron chi connectivity index (χ4n) is 2.02. The van der Waals surface area contributed by atoms with Gasteiger partial charge in [0.05, 0.1) is 18.6 Å². The van der Waals surface area contributed by atoms with Crippen molar-refractivity contribution in [2.75, 3.05) is 26.0 Å². The highest BCUT2D eigenvalue weighted by Crippen LogP contribution is 2.28. The van der Waals surface area contributed by atoms with Crippen LogP contribution in [0.2, 0.25) is 0 Å². The van der Waals surface area contributed by atoms with Crippen LogP contribution < -0.4 is 0 Å². The predicted molar refractivity (Wildman–Crippen MR) is 66.5 cm³/mol. The van der Waals surface area contributed by atoms with Gasteiger partial charge in [0.2, 0.25) is 10.0 Å². The highest BCUT2D eigenvalue weighted by Gasteiger charge is 2.38. The van der Waals surface area contributed by atoms with E-state index in [0.29, 0.717) is 24.7 Å². The molecule has 0 aromatic carbocycles. The number of hydrogen-bond donors (Lipinski definition) is 0. The van der Waals surface area contributed by atoms with E-state index in [0.717, 1.165) is 0 Å². The van der Waals surface area contributed by atoms with Crippen molar-refractivity contribution in [2.24, 2.45) is 0 Å². The van der Waals surface area contributed by atoms with Crippen molar-refractivity contribution in [3.05, 3.63) is 23.8 Å². The normalized spacial score (nSPS) is 26.2. The molecule has 0 unspecified atom stereocenters. The maximum absolute atomic E-state index is 11.6. The molecule has 7 heteroatoms. The minimum Gasteiger partial charge on any atom is -0.366 e. The maximum atomic E-state index is 11.6. The van der Waals surface area contributed by atoms with E-state index in [9.17, 15) is 8.42 Å². The van der Waals surface area contributed by atoms with Crippen LogP contribution in [0.4, 0.5) is 0 Å². The third kappa shape index (κ3) is 2.68. The standard InChI is InChI=1S/C11H17N3O3S/c1-9-12-5-4-10(13-9)11(2)8-14(6-7-17-11)18(3,15)16/h4-5H,6-8H2,1-3H3/t11-/m1/s1. The molecule has 2 heterocycles. The Bertz CT molecular complexity index is 546. The lowest BCUT2D eigenvalue weighted by atomic mass is 10.0. The van der Waals surface area contributed by atoms with Gasteiger partial charge in [-0.15, -0.1) is 0 Å². The molecule has 0 spiro atoms. The molecule has 0 amide bonds. The first-order valence-corrected chi connectivity index (χ1v) is 7.55. The Morgan fingerprint density at radius 2 is 2.22 bits per heavy atom. The number of morpholine rings is 1. The summed E-state index contributed by atoms with van der Waals surface area (Å²) in [7, 11) is -3.21. The molecule has 0 aliphatic carbocycles. The summed E-state index contributed by atoms with van der Waals surface area (Å²) >= 11 is 0. The van der Waals surface area contributed by atoms with Crippen LogP contribution in [-0.4, -0.2) is 48.6 Å². The monoisotopic (exact) mass is 271 g/mol. The molecule has 1 aromatic heterocycles. The smallest absolute Gasteiger partial charge is 0.211 e. The Hall–Kier alpha value is -1.05. The maximum Gasteiger partial charge on any atom is 0.211 e. The van der Waals surface area contributed by atoms with Crippen molar-refractivity contribution in [3.8, 4) is 0 Å². The van der Waals surface area contributed by atoms with Gasteiger partial charge in [-0.2, -0.15) is 4.31 Å². The zero-order valence-corrected chi connectivity index (χ0v) is 11.6. The lowest BCUT2D eigenvalue weighted by molar-refractivity contribution is -0.0846. The molecule has 0 bridgehead atoms. The second kappa shape index (κ2) is 4.56. The molecule has 1 aromatic rings. The summed E-state index contributed by atoms with van der Waals surface area (Å²) in [5, 5.41) is 0. The third-order valence-electron chi connectivity index (χ3n) is 3.03. The molecule has 18 heavy (non-hydrogen) atoms. The lowest BCUT2D eigenvalue weighted by Crippen LogP contribution is -2.50. The Morgan fingerprint density at radius 3 is 2.83 bits per heavy atom. The number of aryl methyl sites for hydroxylation is 1. The molecular weight excluding hydrogens is 254 g/mol. The molecule has 1 fully saturated rings. The van der Waals surface area contributed by atoms with Crippen LogP contribution >= 0.6 is 0 Å². The Morgan fingerprint density at radius 1 is 1.50 bits per heavy atom. The summed E-state index contributed by atoms with van der Waals surface area (Å²) in [5.41, 5.74) is -0.00183. The van der Waals surface area contributed by atoms with Crippen molar-refractivity contribution in [1.82, 2.24) is 14.3 Å². The average Bonchev–Trinajstić information content (AvgIpc) is 2.28. The summed E-state index contributed by atoms with van der Waals surface area (Å²) in [6.07, 6.45) is 2.87. The van der Waals surface area contributed by atoms with E-state index in [1.54, 1.807) is 19.2 Å². The molecule has 1 atom stereocenters. The van der Waals surface area contributed by atoms with Crippen LogP contribution in [0, 0.1) is 6.92 Å². The summed E-state index contributed by atoms with van der Waals surface area (Å²) in [5.74, 6) is 0.647. The number of ether oxygens (including phenoxy) is 1. The van der Waals surface area contributed by atoms with E-state index in [4.69, 9.17) is 4.74 Å². The number of hydrogen-bond acceptors (Lipinski definition) is 5. The van der Waals surface area contributed by atoms with E-state index in [2.05, 4.69) is 9.97 Å². The Kier molecular flexibility index (Phi) is 3.39. The van der Waals surface area contributed by atoms with Gasteiger partial charge in [0.25, 0.3) is 0 Å². The third-order valence-corrected chi connectivity index (χ3v) is 4.28. The molecule has 0 saturated carbocycles. The van der Waals surface area contributed by atoms with Gasteiger partial charge >= 0.3 is 0 Å².